The lowest BCUT2D eigenvalue weighted by Crippen LogP contribution is -2.35. The smallest absolute Gasteiger partial charge is 0.229 e. The normalized spacial score (nSPS) is 22.5. The Labute approximate surface area is 117 Å². The second kappa shape index (κ2) is 5.05. The van der Waals surface area contributed by atoms with Crippen LogP contribution < -0.4 is 4.72 Å². The molecule has 0 amide bonds. The molecule has 1 aliphatic rings. The van der Waals surface area contributed by atoms with E-state index in [2.05, 4.69) is 4.72 Å². The van der Waals surface area contributed by atoms with E-state index >= 15 is 0 Å². The summed E-state index contributed by atoms with van der Waals surface area (Å²) < 4.78 is 49.2. The van der Waals surface area contributed by atoms with Crippen LogP contribution in [0.2, 0.25) is 5.02 Å². The highest BCUT2D eigenvalue weighted by atomic mass is 35.5. The van der Waals surface area contributed by atoms with Crippen molar-refractivity contribution in [1.29, 1.82) is 0 Å². The van der Waals surface area contributed by atoms with Gasteiger partial charge in [-0.05, 0) is 31.0 Å². The van der Waals surface area contributed by atoms with Gasteiger partial charge in [-0.1, -0.05) is 17.7 Å². The van der Waals surface area contributed by atoms with Crippen molar-refractivity contribution in [3.63, 3.8) is 0 Å². The molecule has 1 aliphatic heterocycles. The van der Waals surface area contributed by atoms with Crippen LogP contribution in [0.15, 0.2) is 23.1 Å². The summed E-state index contributed by atoms with van der Waals surface area (Å²) in [6, 6.07) is 3.87. The number of benzene rings is 1. The number of rotatable bonds is 3. The summed E-state index contributed by atoms with van der Waals surface area (Å²) in [4.78, 5) is 0.0485. The van der Waals surface area contributed by atoms with Crippen LogP contribution in [0.1, 0.15) is 12.0 Å². The molecule has 2 rings (SSSR count). The average Bonchev–Trinajstić information content (AvgIpc) is 2.61. The van der Waals surface area contributed by atoms with Crippen LogP contribution in [0.5, 0.6) is 0 Å². The van der Waals surface area contributed by atoms with Gasteiger partial charge in [-0.2, -0.15) is 0 Å². The predicted molar refractivity (Wildman–Crippen MR) is 73.6 cm³/mol. The summed E-state index contributed by atoms with van der Waals surface area (Å²) in [5.41, 5.74) is 0.782. The van der Waals surface area contributed by atoms with Crippen LogP contribution in [0.3, 0.4) is 0 Å². The van der Waals surface area contributed by atoms with Crippen molar-refractivity contribution >= 4 is 31.5 Å². The number of aryl methyl sites for hydroxylation is 1. The van der Waals surface area contributed by atoms with Crippen LogP contribution in [0, 0.1) is 6.92 Å². The highest BCUT2D eigenvalue weighted by molar-refractivity contribution is 7.92. The monoisotopic (exact) mass is 323 g/mol. The lowest BCUT2D eigenvalue weighted by molar-refractivity contribution is 0.562. The summed E-state index contributed by atoms with van der Waals surface area (Å²) in [5.74, 6) is -0.124. The molecule has 1 saturated heterocycles. The molecule has 0 saturated carbocycles. The molecule has 0 aromatic heterocycles. The Kier molecular flexibility index (Phi) is 3.92. The fourth-order valence-corrected chi connectivity index (χ4v) is 5.24. The molecule has 5 nitrogen and oxygen atoms in total. The van der Waals surface area contributed by atoms with Crippen molar-refractivity contribution in [2.45, 2.75) is 24.3 Å². The van der Waals surface area contributed by atoms with Gasteiger partial charge in [0.15, 0.2) is 9.84 Å². The Hall–Kier alpha value is -0.630. The van der Waals surface area contributed by atoms with E-state index in [1.54, 1.807) is 13.0 Å². The lowest BCUT2D eigenvalue weighted by atomic mass is 10.2. The average molecular weight is 324 g/mol. The van der Waals surface area contributed by atoms with Gasteiger partial charge < -0.3 is 0 Å². The zero-order valence-corrected chi connectivity index (χ0v) is 12.6. The largest absolute Gasteiger partial charge is 0.240 e. The summed E-state index contributed by atoms with van der Waals surface area (Å²) in [5, 5.41) is 0.363. The van der Waals surface area contributed by atoms with Gasteiger partial charge in [-0.15, -0.1) is 0 Å². The van der Waals surface area contributed by atoms with Gasteiger partial charge in [-0.25, -0.2) is 21.6 Å². The summed E-state index contributed by atoms with van der Waals surface area (Å²) in [6.07, 6.45) is 0.307. The molecule has 1 fully saturated rings. The Balaban J connectivity index is 2.21. The molecule has 0 bridgehead atoms. The first kappa shape index (κ1) is 14.8. The number of sulfone groups is 1. The van der Waals surface area contributed by atoms with Crippen molar-refractivity contribution in [3.8, 4) is 0 Å². The highest BCUT2D eigenvalue weighted by Crippen LogP contribution is 2.21. The molecular formula is C11H14ClNO4S2. The van der Waals surface area contributed by atoms with Crippen LogP contribution in [-0.4, -0.2) is 34.4 Å². The molecule has 0 radical (unpaired) electrons. The summed E-state index contributed by atoms with van der Waals surface area (Å²) in [7, 11) is -6.85. The second-order valence-corrected chi connectivity index (χ2v) is 8.98. The molecule has 1 aromatic carbocycles. The van der Waals surface area contributed by atoms with Crippen LogP contribution in [0.25, 0.3) is 0 Å². The van der Waals surface area contributed by atoms with E-state index in [1.165, 1.54) is 12.1 Å². The Morgan fingerprint density at radius 3 is 2.58 bits per heavy atom. The maximum Gasteiger partial charge on any atom is 0.240 e. The zero-order valence-electron chi connectivity index (χ0n) is 10.3. The second-order valence-electron chi connectivity index (χ2n) is 4.63. The number of hydrogen-bond acceptors (Lipinski definition) is 4. The molecule has 8 heteroatoms. The van der Waals surface area contributed by atoms with Gasteiger partial charge in [0, 0.05) is 11.1 Å². The van der Waals surface area contributed by atoms with Crippen molar-refractivity contribution < 1.29 is 16.8 Å². The van der Waals surface area contributed by atoms with E-state index in [-0.39, 0.29) is 16.4 Å². The molecule has 106 valence electrons. The highest BCUT2D eigenvalue weighted by Gasteiger charge is 2.31. The maximum absolute atomic E-state index is 12.1. The number of nitrogens with one attached hydrogen (secondary N) is 1. The van der Waals surface area contributed by atoms with Crippen molar-refractivity contribution in [3.05, 3.63) is 28.8 Å². The van der Waals surface area contributed by atoms with Crippen molar-refractivity contribution in [2.24, 2.45) is 0 Å². The third-order valence-corrected chi connectivity index (χ3v) is 6.70. The SMILES string of the molecule is Cc1ccc(S(=O)(=O)NC2CCS(=O)(=O)C2)cc1Cl. The van der Waals surface area contributed by atoms with E-state index in [4.69, 9.17) is 11.6 Å². The quantitative estimate of drug-likeness (QED) is 0.903. The molecule has 1 heterocycles. The van der Waals surface area contributed by atoms with E-state index in [9.17, 15) is 16.8 Å². The minimum atomic E-state index is -3.73. The Bertz CT molecular complexity index is 697. The molecular weight excluding hydrogens is 310 g/mol. The maximum atomic E-state index is 12.1. The molecule has 0 spiro atoms. The number of halogens is 1. The molecule has 0 aliphatic carbocycles. The fourth-order valence-electron chi connectivity index (χ4n) is 1.92. The van der Waals surface area contributed by atoms with Crippen molar-refractivity contribution in [2.75, 3.05) is 11.5 Å². The molecule has 1 unspecified atom stereocenters. The molecule has 1 aromatic rings. The first-order valence-corrected chi connectivity index (χ1v) is 9.37. The van der Waals surface area contributed by atoms with Crippen LogP contribution in [-0.2, 0) is 19.9 Å². The van der Waals surface area contributed by atoms with Crippen molar-refractivity contribution in [1.82, 2.24) is 4.72 Å². The van der Waals surface area contributed by atoms with E-state index in [1.807, 2.05) is 0 Å². The number of sulfonamides is 1. The summed E-state index contributed by atoms with van der Waals surface area (Å²) in [6.45, 7) is 1.77. The molecule has 1 atom stereocenters. The first-order valence-electron chi connectivity index (χ1n) is 5.68. The zero-order chi connectivity index (χ0) is 14.3. The molecule has 1 N–H and O–H groups in total. The first-order chi connectivity index (χ1) is 8.70. The Morgan fingerprint density at radius 2 is 2.05 bits per heavy atom. The predicted octanol–water partition coefficient (Wildman–Crippen LogP) is 1.11. The van der Waals surface area contributed by atoms with Gasteiger partial charge in [0.1, 0.15) is 0 Å². The minimum absolute atomic E-state index is 0.0227. The van der Waals surface area contributed by atoms with Gasteiger partial charge in [0.25, 0.3) is 0 Å². The topological polar surface area (TPSA) is 80.3 Å². The minimum Gasteiger partial charge on any atom is -0.229 e. The third-order valence-electron chi connectivity index (χ3n) is 3.01. The van der Waals surface area contributed by atoms with E-state index < -0.39 is 25.9 Å². The van der Waals surface area contributed by atoms with Gasteiger partial charge in [0.05, 0.1) is 16.4 Å². The van der Waals surface area contributed by atoms with Gasteiger partial charge in [-0.3, -0.25) is 0 Å². The summed E-state index contributed by atoms with van der Waals surface area (Å²) >= 11 is 5.89. The van der Waals surface area contributed by atoms with E-state index in [0.717, 1.165) is 5.56 Å². The van der Waals surface area contributed by atoms with Crippen LogP contribution in [0.4, 0.5) is 0 Å². The van der Waals surface area contributed by atoms with E-state index in [0.29, 0.717) is 11.4 Å². The van der Waals surface area contributed by atoms with Gasteiger partial charge in [0.2, 0.25) is 10.0 Å². The van der Waals surface area contributed by atoms with Crippen LogP contribution >= 0.6 is 11.6 Å². The Morgan fingerprint density at radius 1 is 1.37 bits per heavy atom. The third kappa shape index (κ3) is 3.47. The lowest BCUT2D eigenvalue weighted by Gasteiger charge is -2.12. The molecule has 19 heavy (non-hydrogen) atoms. The van der Waals surface area contributed by atoms with Gasteiger partial charge >= 0.3 is 0 Å². The fraction of sp³-hybridized carbons (Fsp3) is 0.455. The number of hydrogen-bond donors (Lipinski definition) is 1. The standard InChI is InChI=1S/C11H14ClNO4S2/c1-8-2-3-10(6-11(8)12)19(16,17)13-9-4-5-18(14,15)7-9/h2-3,6,9,13H,4-5,7H2,1H3.